The lowest BCUT2D eigenvalue weighted by atomic mass is 10.2. The average Bonchev–Trinajstić information content (AvgIpc) is 2.97. The monoisotopic (exact) mass is 475 g/mol. The first-order valence-corrected chi connectivity index (χ1v) is 9.88. The third-order valence-corrected chi connectivity index (χ3v) is 5.29. The molecule has 2 aromatic carbocycles. The highest BCUT2D eigenvalue weighted by atomic mass is 79.9. The summed E-state index contributed by atoms with van der Waals surface area (Å²) in [4.78, 5) is 48.7. The second kappa shape index (κ2) is 9.06. The smallest absolute Gasteiger partial charge is 0.343 e. The summed E-state index contributed by atoms with van der Waals surface area (Å²) in [6.45, 7) is -0.427. The van der Waals surface area contributed by atoms with Gasteiger partial charge in [0, 0.05) is 4.47 Å². The number of rotatable bonds is 5. The van der Waals surface area contributed by atoms with Gasteiger partial charge in [-0.3, -0.25) is 19.3 Å². The van der Waals surface area contributed by atoms with Crippen molar-refractivity contribution in [3.63, 3.8) is 0 Å². The fourth-order valence-corrected chi connectivity index (χ4v) is 3.47. The van der Waals surface area contributed by atoms with Crippen LogP contribution >= 0.6 is 27.7 Å². The fraction of sp³-hybridized carbons (Fsp3) is 0.100. The van der Waals surface area contributed by atoms with E-state index in [-0.39, 0.29) is 4.91 Å². The summed E-state index contributed by atoms with van der Waals surface area (Å²) < 4.78 is 10.7. The van der Waals surface area contributed by atoms with Gasteiger partial charge < -0.3 is 9.47 Å². The molecule has 148 valence electrons. The van der Waals surface area contributed by atoms with Crippen molar-refractivity contribution in [2.45, 2.75) is 0 Å². The van der Waals surface area contributed by atoms with Crippen LogP contribution in [0.5, 0.6) is 5.75 Å². The van der Waals surface area contributed by atoms with Gasteiger partial charge in [0.05, 0.1) is 17.6 Å². The molecular weight excluding hydrogens is 462 g/mol. The van der Waals surface area contributed by atoms with Gasteiger partial charge in [0.1, 0.15) is 12.3 Å². The molecule has 2 aromatic rings. The van der Waals surface area contributed by atoms with Gasteiger partial charge in [0.2, 0.25) is 0 Å². The first kappa shape index (κ1) is 20.8. The molecule has 1 saturated heterocycles. The van der Waals surface area contributed by atoms with Gasteiger partial charge >= 0.3 is 11.9 Å². The molecule has 0 N–H and O–H groups in total. The second-order valence-electron chi connectivity index (χ2n) is 5.81. The number of thioether (sulfide) groups is 1. The maximum absolute atomic E-state index is 12.3. The lowest BCUT2D eigenvalue weighted by molar-refractivity contribution is -0.143. The normalized spacial score (nSPS) is 15.0. The van der Waals surface area contributed by atoms with Crippen LogP contribution in [0, 0.1) is 0 Å². The average molecular weight is 476 g/mol. The number of nitrogens with zero attached hydrogens (tertiary/aromatic N) is 1. The van der Waals surface area contributed by atoms with Crippen molar-refractivity contribution in [2.75, 3.05) is 13.7 Å². The van der Waals surface area contributed by atoms with E-state index < -0.39 is 29.6 Å². The number of esters is 2. The van der Waals surface area contributed by atoms with E-state index in [4.69, 9.17) is 4.74 Å². The Morgan fingerprint density at radius 2 is 1.72 bits per heavy atom. The zero-order valence-corrected chi connectivity index (χ0v) is 17.5. The summed E-state index contributed by atoms with van der Waals surface area (Å²) in [7, 11) is 1.18. The van der Waals surface area contributed by atoms with Crippen molar-refractivity contribution in [3.8, 4) is 5.75 Å². The Morgan fingerprint density at radius 1 is 1.07 bits per heavy atom. The predicted molar refractivity (Wildman–Crippen MR) is 110 cm³/mol. The molecule has 0 atom stereocenters. The molecule has 0 aromatic heterocycles. The first-order chi connectivity index (χ1) is 13.9. The number of halogens is 1. The van der Waals surface area contributed by atoms with Crippen LogP contribution in [-0.4, -0.2) is 41.6 Å². The molecule has 1 fully saturated rings. The fourth-order valence-electron chi connectivity index (χ4n) is 2.37. The van der Waals surface area contributed by atoms with Gasteiger partial charge in [-0.2, -0.15) is 0 Å². The predicted octanol–water partition coefficient (Wildman–Crippen LogP) is 3.88. The van der Waals surface area contributed by atoms with Crippen molar-refractivity contribution in [1.82, 2.24) is 4.90 Å². The zero-order chi connectivity index (χ0) is 21.0. The van der Waals surface area contributed by atoms with Crippen LogP contribution in [-0.2, 0) is 14.3 Å². The number of methoxy groups -OCH3 is 1. The van der Waals surface area contributed by atoms with Crippen molar-refractivity contribution >= 4 is 56.9 Å². The maximum atomic E-state index is 12.3. The number of imide groups is 1. The van der Waals surface area contributed by atoms with Crippen LogP contribution in [0.25, 0.3) is 6.08 Å². The minimum atomic E-state index is -0.675. The first-order valence-electron chi connectivity index (χ1n) is 8.27. The summed E-state index contributed by atoms with van der Waals surface area (Å²) in [5.41, 5.74) is 1.05. The van der Waals surface area contributed by atoms with Crippen LogP contribution in [0.3, 0.4) is 0 Å². The molecule has 1 aliphatic heterocycles. The molecule has 0 bridgehead atoms. The summed E-state index contributed by atoms with van der Waals surface area (Å²) in [5, 5.41) is -0.535. The molecule has 1 heterocycles. The number of hydrogen-bond acceptors (Lipinski definition) is 7. The van der Waals surface area contributed by atoms with Crippen LogP contribution in [0.1, 0.15) is 15.9 Å². The van der Waals surface area contributed by atoms with E-state index in [0.29, 0.717) is 16.9 Å². The van der Waals surface area contributed by atoms with Crippen LogP contribution in [0.15, 0.2) is 57.9 Å². The summed E-state index contributed by atoms with van der Waals surface area (Å²) >= 11 is 4.05. The lowest BCUT2D eigenvalue weighted by Crippen LogP contribution is -2.34. The molecule has 7 nitrogen and oxygen atoms in total. The Labute approximate surface area is 178 Å². The molecular formula is C20H14BrNO6S. The highest BCUT2D eigenvalue weighted by Gasteiger charge is 2.36. The van der Waals surface area contributed by atoms with Crippen LogP contribution in [0.2, 0.25) is 0 Å². The SMILES string of the molecule is COC(=O)CN1C(=O)S/C(=C\c2ccc(OC(=O)c3ccc(Br)cc3)cc2)C1=O. The van der Waals surface area contributed by atoms with Gasteiger partial charge in [-0.05, 0) is 59.8 Å². The topological polar surface area (TPSA) is 90.0 Å². The van der Waals surface area contributed by atoms with Crippen LogP contribution < -0.4 is 4.74 Å². The highest BCUT2D eigenvalue weighted by molar-refractivity contribution is 9.10. The number of ether oxygens (including phenoxy) is 2. The van der Waals surface area contributed by atoms with E-state index in [1.807, 2.05) is 0 Å². The Balaban J connectivity index is 1.68. The van der Waals surface area contributed by atoms with E-state index in [0.717, 1.165) is 21.1 Å². The van der Waals surface area contributed by atoms with Gasteiger partial charge in [-0.25, -0.2) is 4.79 Å². The number of amides is 2. The van der Waals surface area contributed by atoms with E-state index in [1.165, 1.54) is 13.2 Å². The quantitative estimate of drug-likeness (QED) is 0.368. The standard InChI is InChI=1S/C20H14BrNO6S/c1-27-17(23)11-22-18(24)16(29-20(22)26)10-12-2-8-15(9-3-12)28-19(25)13-4-6-14(21)7-5-13/h2-10H,11H2,1H3/b16-10-. The van der Waals surface area contributed by atoms with Gasteiger partial charge in [-0.1, -0.05) is 28.1 Å². The minimum Gasteiger partial charge on any atom is -0.468 e. The number of carbonyl (C=O) groups is 4. The minimum absolute atomic E-state index is 0.193. The van der Waals surface area contributed by atoms with E-state index in [1.54, 1.807) is 48.5 Å². The molecule has 1 aliphatic rings. The van der Waals surface area contributed by atoms with Crippen molar-refractivity contribution in [3.05, 3.63) is 69.0 Å². The van der Waals surface area contributed by atoms with E-state index in [9.17, 15) is 19.2 Å². The molecule has 2 amide bonds. The Hall–Kier alpha value is -2.91. The third kappa shape index (κ3) is 5.12. The summed E-state index contributed by atoms with van der Waals surface area (Å²) in [6, 6.07) is 13.2. The summed E-state index contributed by atoms with van der Waals surface area (Å²) in [5.74, 6) is -1.38. The third-order valence-electron chi connectivity index (χ3n) is 3.86. The van der Waals surface area contributed by atoms with Crippen molar-refractivity contribution in [2.24, 2.45) is 0 Å². The molecule has 0 saturated carbocycles. The van der Waals surface area contributed by atoms with Crippen LogP contribution in [0.4, 0.5) is 4.79 Å². The molecule has 29 heavy (non-hydrogen) atoms. The van der Waals surface area contributed by atoms with Gasteiger partial charge in [0.15, 0.2) is 0 Å². The molecule has 3 rings (SSSR count). The van der Waals surface area contributed by atoms with Gasteiger partial charge in [0.25, 0.3) is 11.1 Å². The Kier molecular flexibility index (Phi) is 6.50. The highest BCUT2D eigenvalue weighted by Crippen LogP contribution is 2.32. The summed E-state index contributed by atoms with van der Waals surface area (Å²) in [6.07, 6.45) is 1.53. The van der Waals surface area contributed by atoms with Gasteiger partial charge in [-0.15, -0.1) is 0 Å². The molecule has 0 aliphatic carbocycles. The largest absolute Gasteiger partial charge is 0.468 e. The van der Waals surface area contributed by atoms with E-state index >= 15 is 0 Å². The molecule has 0 spiro atoms. The molecule has 9 heteroatoms. The van der Waals surface area contributed by atoms with E-state index in [2.05, 4.69) is 20.7 Å². The zero-order valence-electron chi connectivity index (χ0n) is 15.1. The maximum Gasteiger partial charge on any atom is 0.343 e. The Bertz CT molecular complexity index is 1000. The number of hydrogen-bond donors (Lipinski definition) is 0. The second-order valence-corrected chi connectivity index (χ2v) is 7.72. The molecule has 0 radical (unpaired) electrons. The number of benzene rings is 2. The molecule has 0 unspecified atom stereocenters. The lowest BCUT2D eigenvalue weighted by Gasteiger charge is -2.09. The van der Waals surface area contributed by atoms with Crippen molar-refractivity contribution < 1.29 is 28.7 Å². The van der Waals surface area contributed by atoms with Crippen molar-refractivity contribution in [1.29, 1.82) is 0 Å². The Morgan fingerprint density at radius 3 is 2.34 bits per heavy atom. The number of carbonyl (C=O) groups excluding carboxylic acids is 4.